The maximum Gasteiger partial charge on any atom is 0.281 e. The quantitative estimate of drug-likeness (QED) is 0.807. The lowest BCUT2D eigenvalue weighted by Crippen LogP contribution is -2.02. The third-order valence-electron chi connectivity index (χ3n) is 1.34. The molecule has 2 N–H and O–H groups in total. The number of pyridine rings is 1. The van der Waals surface area contributed by atoms with Crippen LogP contribution < -0.4 is 5.73 Å². The van der Waals surface area contributed by atoms with Crippen molar-refractivity contribution in [3.05, 3.63) is 20.9 Å². The average molecular weight is 295 g/mol. The standard InChI is InChI=1S/C7H4F2IN3/c8-7(9)6-3(2-11)4(10)1-5(12)13-6/h1,7H,(H2,12,13). The van der Waals surface area contributed by atoms with Crippen molar-refractivity contribution < 1.29 is 8.78 Å². The summed E-state index contributed by atoms with van der Waals surface area (Å²) in [5.41, 5.74) is 4.61. The zero-order chi connectivity index (χ0) is 10.0. The summed E-state index contributed by atoms with van der Waals surface area (Å²) in [6.45, 7) is 0. The van der Waals surface area contributed by atoms with Crippen molar-refractivity contribution in [3.63, 3.8) is 0 Å². The Morgan fingerprint density at radius 2 is 2.23 bits per heavy atom. The van der Waals surface area contributed by atoms with Gasteiger partial charge in [0.1, 0.15) is 17.6 Å². The van der Waals surface area contributed by atoms with Crippen LogP contribution in [0.25, 0.3) is 0 Å². The molecule has 3 nitrogen and oxygen atoms in total. The summed E-state index contributed by atoms with van der Waals surface area (Å²) < 4.78 is 25.0. The Kier molecular flexibility index (Phi) is 2.98. The van der Waals surface area contributed by atoms with Crippen LogP contribution in [-0.2, 0) is 0 Å². The second-order valence-corrected chi connectivity index (χ2v) is 3.36. The number of nitrogens with two attached hydrogens (primary N) is 1. The molecule has 0 radical (unpaired) electrons. The molecule has 0 spiro atoms. The van der Waals surface area contributed by atoms with Gasteiger partial charge in [-0.1, -0.05) is 0 Å². The molecular weight excluding hydrogens is 291 g/mol. The van der Waals surface area contributed by atoms with E-state index in [1.807, 2.05) is 0 Å². The van der Waals surface area contributed by atoms with Crippen LogP contribution in [0, 0.1) is 14.9 Å². The van der Waals surface area contributed by atoms with Crippen molar-refractivity contribution in [2.45, 2.75) is 6.43 Å². The first kappa shape index (κ1) is 10.1. The van der Waals surface area contributed by atoms with Gasteiger partial charge in [-0.25, -0.2) is 13.8 Å². The molecule has 0 atom stereocenters. The number of aromatic nitrogens is 1. The van der Waals surface area contributed by atoms with Gasteiger partial charge in [-0.3, -0.25) is 0 Å². The topological polar surface area (TPSA) is 62.7 Å². The van der Waals surface area contributed by atoms with E-state index in [0.29, 0.717) is 3.57 Å². The molecule has 0 saturated carbocycles. The van der Waals surface area contributed by atoms with E-state index in [4.69, 9.17) is 11.0 Å². The lowest BCUT2D eigenvalue weighted by Gasteiger charge is -2.04. The monoisotopic (exact) mass is 295 g/mol. The van der Waals surface area contributed by atoms with E-state index >= 15 is 0 Å². The summed E-state index contributed by atoms with van der Waals surface area (Å²) in [5, 5.41) is 8.57. The van der Waals surface area contributed by atoms with Crippen LogP contribution in [0.4, 0.5) is 14.6 Å². The van der Waals surface area contributed by atoms with Gasteiger partial charge in [0, 0.05) is 3.57 Å². The van der Waals surface area contributed by atoms with Gasteiger partial charge < -0.3 is 5.73 Å². The summed E-state index contributed by atoms with van der Waals surface area (Å²) >= 11 is 1.77. The minimum absolute atomic E-state index is 0.00120. The van der Waals surface area contributed by atoms with Gasteiger partial charge in [0.25, 0.3) is 6.43 Å². The van der Waals surface area contributed by atoms with Crippen molar-refractivity contribution >= 4 is 28.4 Å². The molecule has 0 amide bonds. The molecule has 0 aliphatic rings. The minimum Gasteiger partial charge on any atom is -0.384 e. The van der Waals surface area contributed by atoms with Gasteiger partial charge in [0.15, 0.2) is 0 Å². The van der Waals surface area contributed by atoms with E-state index in [1.54, 1.807) is 28.7 Å². The first-order valence-electron chi connectivity index (χ1n) is 3.20. The predicted molar refractivity (Wildman–Crippen MR) is 51.0 cm³/mol. The van der Waals surface area contributed by atoms with Crippen molar-refractivity contribution in [2.24, 2.45) is 0 Å². The summed E-state index contributed by atoms with van der Waals surface area (Å²) in [6.07, 6.45) is -2.77. The highest BCUT2D eigenvalue weighted by Gasteiger charge is 2.17. The Morgan fingerprint density at radius 3 is 2.69 bits per heavy atom. The molecule has 68 valence electrons. The Labute approximate surface area is 86.7 Å². The average Bonchev–Trinajstić information content (AvgIpc) is 2.02. The minimum atomic E-state index is -2.77. The fraction of sp³-hybridized carbons (Fsp3) is 0.143. The Balaban J connectivity index is 3.41. The number of rotatable bonds is 1. The fourth-order valence-corrected chi connectivity index (χ4v) is 1.54. The maximum atomic E-state index is 12.3. The second kappa shape index (κ2) is 3.83. The normalized spacial score (nSPS) is 10.1. The highest BCUT2D eigenvalue weighted by Crippen LogP contribution is 2.25. The summed E-state index contributed by atoms with van der Waals surface area (Å²) in [5.74, 6) is -0.00120. The Hall–Kier alpha value is -0.970. The molecule has 1 aromatic heterocycles. The van der Waals surface area contributed by atoms with Crippen LogP contribution in [0.2, 0.25) is 0 Å². The predicted octanol–water partition coefficient (Wildman–Crippen LogP) is 2.08. The zero-order valence-corrected chi connectivity index (χ0v) is 8.42. The maximum absolute atomic E-state index is 12.3. The number of nitriles is 1. The fourth-order valence-electron chi connectivity index (χ4n) is 0.820. The summed E-state index contributed by atoms with van der Waals surface area (Å²) in [7, 11) is 0. The lowest BCUT2D eigenvalue weighted by atomic mass is 10.2. The first-order chi connectivity index (χ1) is 6.06. The van der Waals surface area contributed by atoms with E-state index in [0.717, 1.165) is 0 Å². The number of nitrogens with zero attached hydrogens (tertiary/aromatic N) is 2. The van der Waals surface area contributed by atoms with Crippen molar-refractivity contribution in [1.29, 1.82) is 5.26 Å². The second-order valence-electron chi connectivity index (χ2n) is 2.20. The van der Waals surface area contributed by atoms with Crippen LogP contribution in [-0.4, -0.2) is 4.98 Å². The number of nitrogen functional groups attached to an aromatic ring is 1. The molecular formula is C7H4F2IN3. The summed E-state index contributed by atoms with van der Waals surface area (Å²) in [6, 6.07) is 3.05. The van der Waals surface area contributed by atoms with Crippen molar-refractivity contribution in [3.8, 4) is 6.07 Å². The number of halogens is 3. The molecule has 0 aliphatic carbocycles. The first-order valence-corrected chi connectivity index (χ1v) is 4.28. The van der Waals surface area contributed by atoms with Gasteiger partial charge in [-0.05, 0) is 28.7 Å². The number of anilines is 1. The molecule has 0 unspecified atom stereocenters. The van der Waals surface area contributed by atoms with Crippen LogP contribution in [0.3, 0.4) is 0 Å². The van der Waals surface area contributed by atoms with Crippen LogP contribution in [0.5, 0.6) is 0 Å². The third-order valence-corrected chi connectivity index (χ3v) is 2.19. The van der Waals surface area contributed by atoms with E-state index in [9.17, 15) is 8.78 Å². The molecule has 1 rings (SSSR count). The molecule has 0 saturated heterocycles. The van der Waals surface area contributed by atoms with Gasteiger partial charge in [0.2, 0.25) is 0 Å². The molecule has 0 aliphatic heterocycles. The third kappa shape index (κ3) is 2.03. The molecule has 13 heavy (non-hydrogen) atoms. The number of hydrogen-bond donors (Lipinski definition) is 1. The smallest absolute Gasteiger partial charge is 0.281 e. The van der Waals surface area contributed by atoms with E-state index < -0.39 is 12.1 Å². The van der Waals surface area contributed by atoms with Gasteiger partial charge in [-0.2, -0.15) is 5.26 Å². The van der Waals surface area contributed by atoms with Crippen molar-refractivity contribution in [1.82, 2.24) is 4.98 Å². The highest BCUT2D eigenvalue weighted by molar-refractivity contribution is 14.1. The molecule has 0 bridgehead atoms. The SMILES string of the molecule is N#Cc1c(I)cc(N)nc1C(F)F. The van der Waals surface area contributed by atoms with Gasteiger partial charge in [-0.15, -0.1) is 0 Å². The largest absolute Gasteiger partial charge is 0.384 e. The molecule has 6 heteroatoms. The van der Waals surface area contributed by atoms with Crippen LogP contribution in [0.1, 0.15) is 17.7 Å². The highest BCUT2D eigenvalue weighted by atomic mass is 127. The molecule has 1 aromatic rings. The van der Waals surface area contributed by atoms with Crippen LogP contribution >= 0.6 is 22.6 Å². The Morgan fingerprint density at radius 1 is 1.62 bits per heavy atom. The van der Waals surface area contributed by atoms with Gasteiger partial charge in [0.05, 0.1) is 5.56 Å². The van der Waals surface area contributed by atoms with E-state index in [2.05, 4.69) is 4.98 Å². The molecule has 1 heterocycles. The zero-order valence-electron chi connectivity index (χ0n) is 6.26. The number of alkyl halides is 2. The van der Waals surface area contributed by atoms with Crippen molar-refractivity contribution in [2.75, 3.05) is 5.73 Å². The van der Waals surface area contributed by atoms with Gasteiger partial charge >= 0.3 is 0 Å². The van der Waals surface area contributed by atoms with E-state index in [-0.39, 0.29) is 11.4 Å². The molecule has 0 fully saturated rings. The Bertz CT molecular complexity index is 373. The summed E-state index contributed by atoms with van der Waals surface area (Å²) in [4.78, 5) is 3.40. The van der Waals surface area contributed by atoms with E-state index in [1.165, 1.54) is 6.07 Å². The molecule has 0 aromatic carbocycles. The number of hydrogen-bond acceptors (Lipinski definition) is 3. The lowest BCUT2D eigenvalue weighted by molar-refractivity contribution is 0.146. The van der Waals surface area contributed by atoms with Crippen LogP contribution in [0.15, 0.2) is 6.07 Å².